The molecule has 2 aliphatic rings. The normalized spacial score (nSPS) is 22.0. The first-order valence-corrected chi connectivity index (χ1v) is 9.97. The molecule has 1 aliphatic heterocycles. The van der Waals surface area contributed by atoms with Gasteiger partial charge in [0.05, 0.1) is 5.92 Å². The van der Waals surface area contributed by atoms with E-state index in [4.69, 9.17) is 0 Å². The summed E-state index contributed by atoms with van der Waals surface area (Å²) < 4.78 is 13.6. The second kappa shape index (κ2) is 8.13. The topological polar surface area (TPSA) is 49.4 Å². The summed E-state index contributed by atoms with van der Waals surface area (Å²) in [5, 5.41) is 3.06. The number of piperidine rings is 1. The second-order valence-corrected chi connectivity index (χ2v) is 7.95. The van der Waals surface area contributed by atoms with Crippen molar-refractivity contribution in [3.05, 3.63) is 71.5 Å². The molecule has 1 saturated heterocycles. The van der Waals surface area contributed by atoms with Crippen molar-refractivity contribution in [1.29, 1.82) is 0 Å². The van der Waals surface area contributed by atoms with Crippen molar-refractivity contribution >= 4 is 11.8 Å². The van der Waals surface area contributed by atoms with Crippen LogP contribution in [0, 0.1) is 17.7 Å². The van der Waals surface area contributed by atoms with Gasteiger partial charge in [0.25, 0.3) is 5.91 Å². The van der Waals surface area contributed by atoms with Gasteiger partial charge < -0.3 is 10.2 Å². The molecule has 1 saturated carbocycles. The summed E-state index contributed by atoms with van der Waals surface area (Å²) in [6.07, 6.45) is 3.08. The number of amides is 2. The van der Waals surface area contributed by atoms with Crippen LogP contribution in [0.1, 0.15) is 41.1 Å². The van der Waals surface area contributed by atoms with Gasteiger partial charge in [-0.15, -0.1) is 0 Å². The maximum absolute atomic E-state index is 13.6. The molecule has 2 aromatic rings. The van der Waals surface area contributed by atoms with Gasteiger partial charge in [0.15, 0.2) is 0 Å². The van der Waals surface area contributed by atoms with Crippen LogP contribution in [0.15, 0.2) is 54.6 Å². The molecule has 5 heteroatoms. The van der Waals surface area contributed by atoms with E-state index >= 15 is 0 Å². The SMILES string of the molecule is O=C(NCC1CC1)[C@@H]1C[C@@H](c2ccccc2)CN(C(=O)c2cccc(F)c2)C1. The van der Waals surface area contributed by atoms with Crippen LogP contribution in [0.5, 0.6) is 0 Å². The number of benzene rings is 2. The molecule has 2 fully saturated rings. The fourth-order valence-electron chi connectivity index (χ4n) is 3.94. The Labute approximate surface area is 164 Å². The van der Waals surface area contributed by atoms with E-state index in [1.165, 1.54) is 25.0 Å². The Hall–Kier alpha value is -2.69. The molecule has 4 nitrogen and oxygen atoms in total. The van der Waals surface area contributed by atoms with E-state index in [0.717, 1.165) is 12.1 Å². The molecule has 0 spiro atoms. The number of carbonyl (C=O) groups is 2. The number of halogens is 1. The summed E-state index contributed by atoms with van der Waals surface area (Å²) in [6, 6.07) is 15.8. The first-order valence-electron chi connectivity index (χ1n) is 9.97. The first kappa shape index (κ1) is 18.7. The summed E-state index contributed by atoms with van der Waals surface area (Å²) in [7, 11) is 0. The standard InChI is InChI=1S/C23H25FN2O2/c24-21-8-4-7-18(12-21)23(28)26-14-19(17-5-2-1-3-6-17)11-20(15-26)22(27)25-13-16-9-10-16/h1-8,12,16,19-20H,9-11,13-15H2,(H,25,27)/t19-,20-/m1/s1. The van der Waals surface area contributed by atoms with Crippen molar-refractivity contribution in [2.75, 3.05) is 19.6 Å². The van der Waals surface area contributed by atoms with Crippen molar-refractivity contribution in [1.82, 2.24) is 10.2 Å². The molecule has 2 amide bonds. The first-order chi connectivity index (χ1) is 13.6. The lowest BCUT2D eigenvalue weighted by molar-refractivity contribution is -0.126. The van der Waals surface area contributed by atoms with E-state index in [1.807, 2.05) is 30.3 Å². The third-order valence-electron chi connectivity index (χ3n) is 5.71. The van der Waals surface area contributed by atoms with Crippen molar-refractivity contribution < 1.29 is 14.0 Å². The van der Waals surface area contributed by atoms with E-state index in [2.05, 4.69) is 5.32 Å². The van der Waals surface area contributed by atoms with Crippen LogP contribution in [0.4, 0.5) is 4.39 Å². The second-order valence-electron chi connectivity index (χ2n) is 7.95. The Morgan fingerprint density at radius 3 is 2.54 bits per heavy atom. The molecule has 2 atom stereocenters. The summed E-state index contributed by atoms with van der Waals surface area (Å²) in [5.74, 6) is -0.187. The molecule has 2 aromatic carbocycles. The molecule has 0 bridgehead atoms. The summed E-state index contributed by atoms with van der Waals surface area (Å²) in [6.45, 7) is 1.63. The zero-order chi connectivity index (χ0) is 19.5. The lowest BCUT2D eigenvalue weighted by Crippen LogP contribution is -2.48. The van der Waals surface area contributed by atoms with Crippen molar-refractivity contribution in [2.45, 2.75) is 25.2 Å². The molecular formula is C23H25FN2O2. The highest BCUT2D eigenvalue weighted by Crippen LogP contribution is 2.32. The molecule has 0 unspecified atom stereocenters. The predicted octanol–water partition coefficient (Wildman–Crippen LogP) is 3.60. The molecule has 0 radical (unpaired) electrons. The Morgan fingerprint density at radius 2 is 1.82 bits per heavy atom. The minimum atomic E-state index is -0.429. The largest absolute Gasteiger partial charge is 0.356 e. The lowest BCUT2D eigenvalue weighted by atomic mass is 9.83. The van der Waals surface area contributed by atoms with E-state index < -0.39 is 5.82 Å². The highest BCUT2D eigenvalue weighted by molar-refractivity contribution is 5.94. The van der Waals surface area contributed by atoms with Gasteiger partial charge >= 0.3 is 0 Å². The van der Waals surface area contributed by atoms with Gasteiger partial charge in [0.1, 0.15) is 5.82 Å². The summed E-state index contributed by atoms with van der Waals surface area (Å²) in [5.41, 5.74) is 1.45. The molecule has 0 aromatic heterocycles. The van der Waals surface area contributed by atoms with Gasteiger partial charge in [-0.2, -0.15) is 0 Å². The molecule has 1 N–H and O–H groups in total. The number of likely N-dealkylation sites (tertiary alicyclic amines) is 1. The van der Waals surface area contributed by atoms with E-state index in [-0.39, 0.29) is 23.7 Å². The average molecular weight is 380 g/mol. The fraction of sp³-hybridized carbons (Fsp3) is 0.391. The highest BCUT2D eigenvalue weighted by atomic mass is 19.1. The highest BCUT2D eigenvalue weighted by Gasteiger charge is 2.35. The van der Waals surface area contributed by atoms with Gasteiger partial charge in [-0.1, -0.05) is 36.4 Å². The molecular weight excluding hydrogens is 355 g/mol. The number of hydrogen-bond acceptors (Lipinski definition) is 2. The van der Waals surface area contributed by atoms with Crippen LogP contribution in [-0.4, -0.2) is 36.3 Å². The number of rotatable bonds is 5. The van der Waals surface area contributed by atoms with Gasteiger partial charge in [-0.05, 0) is 48.9 Å². The van der Waals surface area contributed by atoms with Crippen LogP contribution >= 0.6 is 0 Å². The summed E-state index contributed by atoms with van der Waals surface area (Å²) in [4.78, 5) is 27.5. The zero-order valence-corrected chi connectivity index (χ0v) is 15.8. The van der Waals surface area contributed by atoms with Crippen LogP contribution in [0.3, 0.4) is 0 Å². The van der Waals surface area contributed by atoms with Gasteiger partial charge in [-0.3, -0.25) is 9.59 Å². The monoisotopic (exact) mass is 380 g/mol. The number of carbonyl (C=O) groups excluding carboxylic acids is 2. The Morgan fingerprint density at radius 1 is 1.04 bits per heavy atom. The zero-order valence-electron chi connectivity index (χ0n) is 15.8. The van der Waals surface area contributed by atoms with E-state index in [9.17, 15) is 14.0 Å². The van der Waals surface area contributed by atoms with Crippen molar-refractivity contribution in [3.8, 4) is 0 Å². The number of nitrogens with one attached hydrogen (secondary N) is 1. The lowest BCUT2D eigenvalue weighted by Gasteiger charge is -2.37. The average Bonchev–Trinajstić information content (AvgIpc) is 3.56. The Kier molecular flexibility index (Phi) is 5.42. The number of hydrogen-bond donors (Lipinski definition) is 1. The third-order valence-corrected chi connectivity index (χ3v) is 5.71. The predicted molar refractivity (Wildman–Crippen MR) is 105 cm³/mol. The van der Waals surface area contributed by atoms with Crippen LogP contribution in [0.25, 0.3) is 0 Å². The molecule has 28 heavy (non-hydrogen) atoms. The van der Waals surface area contributed by atoms with E-state index in [0.29, 0.717) is 31.0 Å². The smallest absolute Gasteiger partial charge is 0.253 e. The Balaban J connectivity index is 1.54. The van der Waals surface area contributed by atoms with Crippen LogP contribution in [0.2, 0.25) is 0 Å². The van der Waals surface area contributed by atoms with Gasteiger partial charge in [0, 0.05) is 31.1 Å². The quantitative estimate of drug-likeness (QED) is 0.862. The molecule has 4 rings (SSSR count). The van der Waals surface area contributed by atoms with Crippen LogP contribution in [-0.2, 0) is 4.79 Å². The minimum Gasteiger partial charge on any atom is -0.356 e. The third kappa shape index (κ3) is 4.41. The summed E-state index contributed by atoms with van der Waals surface area (Å²) >= 11 is 0. The fourth-order valence-corrected chi connectivity index (χ4v) is 3.94. The maximum atomic E-state index is 13.6. The van der Waals surface area contributed by atoms with Gasteiger partial charge in [0.2, 0.25) is 5.91 Å². The molecule has 1 aliphatic carbocycles. The maximum Gasteiger partial charge on any atom is 0.253 e. The van der Waals surface area contributed by atoms with E-state index in [1.54, 1.807) is 17.0 Å². The minimum absolute atomic E-state index is 0.0181. The van der Waals surface area contributed by atoms with Gasteiger partial charge in [-0.25, -0.2) is 4.39 Å². The van der Waals surface area contributed by atoms with Crippen LogP contribution < -0.4 is 5.32 Å². The molecule has 146 valence electrons. The Bertz CT molecular complexity index is 851. The number of nitrogens with zero attached hydrogens (tertiary/aromatic N) is 1. The molecule has 1 heterocycles. The van der Waals surface area contributed by atoms with Crippen molar-refractivity contribution in [2.24, 2.45) is 11.8 Å². The van der Waals surface area contributed by atoms with Crippen molar-refractivity contribution in [3.63, 3.8) is 0 Å².